The molecule has 0 aromatic rings. The highest BCUT2D eigenvalue weighted by atomic mass is 16.5. The summed E-state index contributed by atoms with van der Waals surface area (Å²) in [5.41, 5.74) is 0. The highest BCUT2D eigenvalue weighted by Gasteiger charge is 2.28. The first-order valence-electron chi connectivity index (χ1n) is 6.82. The van der Waals surface area contributed by atoms with Gasteiger partial charge in [0.05, 0.1) is 6.61 Å². The predicted octanol–water partition coefficient (Wildman–Crippen LogP) is 1.79. The molecule has 0 saturated heterocycles. The molecule has 2 saturated carbocycles. The smallest absolute Gasteiger partial charge is 0.323 e. The minimum absolute atomic E-state index is 0.308. The first-order valence-corrected chi connectivity index (χ1v) is 6.82. The first kappa shape index (κ1) is 12.8. The van der Waals surface area contributed by atoms with E-state index < -0.39 is 12.0 Å². The molecule has 1 unspecified atom stereocenters. The number of aliphatic carboxylic acids is 1. The second-order valence-electron chi connectivity index (χ2n) is 5.37. The zero-order valence-corrected chi connectivity index (χ0v) is 10.4. The molecule has 2 aliphatic rings. The van der Waals surface area contributed by atoms with E-state index in [9.17, 15) is 4.79 Å². The van der Waals surface area contributed by atoms with Crippen LogP contribution in [0.4, 0.5) is 0 Å². The molecular weight excluding hydrogens is 218 g/mol. The summed E-state index contributed by atoms with van der Waals surface area (Å²) in [5, 5.41) is 12.1. The van der Waals surface area contributed by atoms with Gasteiger partial charge in [-0.3, -0.25) is 10.1 Å². The second-order valence-corrected chi connectivity index (χ2v) is 5.37. The molecule has 1 atom stereocenters. The molecule has 98 valence electrons. The van der Waals surface area contributed by atoms with Crippen LogP contribution in [0, 0.1) is 5.92 Å². The molecule has 0 heterocycles. The highest BCUT2D eigenvalue weighted by Crippen LogP contribution is 2.24. The van der Waals surface area contributed by atoms with E-state index >= 15 is 0 Å². The third kappa shape index (κ3) is 4.64. The lowest BCUT2D eigenvalue weighted by Gasteiger charge is -2.22. The van der Waals surface area contributed by atoms with Gasteiger partial charge in [-0.05, 0) is 31.6 Å². The van der Waals surface area contributed by atoms with E-state index in [0.717, 1.165) is 19.4 Å². The third-order valence-electron chi connectivity index (χ3n) is 3.68. The molecule has 2 fully saturated rings. The van der Waals surface area contributed by atoms with Crippen LogP contribution in [0.5, 0.6) is 0 Å². The summed E-state index contributed by atoms with van der Waals surface area (Å²) in [6, 6.07) is -0.111. The Morgan fingerprint density at radius 3 is 2.53 bits per heavy atom. The molecule has 4 heteroatoms. The summed E-state index contributed by atoms with van der Waals surface area (Å²) in [6.07, 6.45) is 8.64. The van der Waals surface area contributed by atoms with Crippen LogP contribution in [-0.4, -0.2) is 36.4 Å². The summed E-state index contributed by atoms with van der Waals surface area (Å²) in [5.74, 6) is -0.139. The lowest BCUT2D eigenvalue weighted by atomic mass is 9.90. The average Bonchev–Trinajstić information content (AvgIpc) is 3.13. The third-order valence-corrected chi connectivity index (χ3v) is 3.68. The number of hydrogen-bond donors (Lipinski definition) is 2. The Morgan fingerprint density at radius 1 is 1.24 bits per heavy atom. The highest BCUT2D eigenvalue weighted by molar-refractivity contribution is 5.73. The fraction of sp³-hybridized carbons (Fsp3) is 0.923. The van der Waals surface area contributed by atoms with Crippen molar-refractivity contribution in [3.63, 3.8) is 0 Å². The van der Waals surface area contributed by atoms with Gasteiger partial charge < -0.3 is 9.84 Å². The van der Waals surface area contributed by atoms with Gasteiger partial charge in [0.25, 0.3) is 0 Å². The van der Waals surface area contributed by atoms with Gasteiger partial charge in [0.15, 0.2) is 0 Å². The van der Waals surface area contributed by atoms with E-state index in [0.29, 0.717) is 18.6 Å². The molecule has 4 nitrogen and oxygen atoms in total. The predicted molar refractivity (Wildman–Crippen MR) is 65.0 cm³/mol. The number of carboxylic acid groups (broad SMARTS) is 1. The van der Waals surface area contributed by atoms with Crippen molar-refractivity contribution >= 4 is 5.97 Å². The molecule has 0 aromatic carbocycles. The Kier molecular flexibility index (Phi) is 4.80. The quantitative estimate of drug-likeness (QED) is 0.713. The van der Waals surface area contributed by atoms with Crippen molar-refractivity contribution in [1.82, 2.24) is 5.32 Å². The standard InChI is InChI=1S/C13H23NO3/c15-13(16)12(14-11-6-7-11)9-17-8-10-4-2-1-3-5-10/h10-12,14H,1-9H2,(H,15,16). The number of carbonyl (C=O) groups is 1. The summed E-state index contributed by atoms with van der Waals surface area (Å²) >= 11 is 0. The van der Waals surface area contributed by atoms with Gasteiger partial charge in [-0.25, -0.2) is 0 Å². The summed E-state index contributed by atoms with van der Waals surface area (Å²) in [7, 11) is 0. The molecular formula is C13H23NO3. The molecule has 2 N–H and O–H groups in total. The Hall–Kier alpha value is -0.610. The molecule has 0 amide bonds. The van der Waals surface area contributed by atoms with E-state index in [1.54, 1.807) is 0 Å². The Morgan fingerprint density at radius 2 is 1.94 bits per heavy atom. The fourth-order valence-corrected chi connectivity index (χ4v) is 2.43. The minimum Gasteiger partial charge on any atom is -0.480 e. The van der Waals surface area contributed by atoms with Crippen molar-refractivity contribution < 1.29 is 14.6 Å². The van der Waals surface area contributed by atoms with Crippen LogP contribution < -0.4 is 5.32 Å². The van der Waals surface area contributed by atoms with E-state index in [1.807, 2.05) is 0 Å². The van der Waals surface area contributed by atoms with Gasteiger partial charge in [-0.1, -0.05) is 19.3 Å². The van der Waals surface area contributed by atoms with Gasteiger partial charge in [-0.15, -0.1) is 0 Å². The summed E-state index contributed by atoms with van der Waals surface area (Å²) in [4.78, 5) is 11.0. The van der Waals surface area contributed by atoms with Crippen molar-refractivity contribution in [2.75, 3.05) is 13.2 Å². The molecule has 0 spiro atoms. The van der Waals surface area contributed by atoms with Crippen LogP contribution in [0.1, 0.15) is 44.9 Å². The summed E-state index contributed by atoms with van der Waals surface area (Å²) < 4.78 is 5.58. The maximum Gasteiger partial charge on any atom is 0.323 e. The minimum atomic E-state index is -0.791. The Balaban J connectivity index is 1.62. The largest absolute Gasteiger partial charge is 0.480 e. The first-order chi connectivity index (χ1) is 8.25. The van der Waals surface area contributed by atoms with E-state index in [2.05, 4.69) is 5.32 Å². The van der Waals surface area contributed by atoms with Gasteiger partial charge >= 0.3 is 5.97 Å². The molecule has 2 rings (SSSR count). The van der Waals surface area contributed by atoms with Gasteiger partial charge in [0.1, 0.15) is 6.04 Å². The number of carboxylic acids is 1. The maximum atomic E-state index is 11.0. The second kappa shape index (κ2) is 6.36. The number of rotatable bonds is 7. The summed E-state index contributed by atoms with van der Waals surface area (Å²) in [6.45, 7) is 1.04. The SMILES string of the molecule is O=C(O)C(COCC1CCCCC1)NC1CC1. The van der Waals surface area contributed by atoms with Crippen molar-refractivity contribution in [1.29, 1.82) is 0 Å². The van der Waals surface area contributed by atoms with Gasteiger partial charge in [0, 0.05) is 12.6 Å². The van der Waals surface area contributed by atoms with Crippen LogP contribution in [0.25, 0.3) is 0 Å². The molecule has 17 heavy (non-hydrogen) atoms. The Labute approximate surface area is 103 Å². The number of hydrogen-bond acceptors (Lipinski definition) is 3. The van der Waals surface area contributed by atoms with Gasteiger partial charge in [-0.2, -0.15) is 0 Å². The van der Waals surface area contributed by atoms with Crippen molar-refractivity contribution in [2.45, 2.75) is 57.0 Å². The van der Waals surface area contributed by atoms with Crippen molar-refractivity contribution in [3.05, 3.63) is 0 Å². The molecule has 0 radical (unpaired) electrons. The van der Waals surface area contributed by atoms with Crippen molar-refractivity contribution in [3.8, 4) is 0 Å². The van der Waals surface area contributed by atoms with Crippen molar-refractivity contribution in [2.24, 2.45) is 5.92 Å². The number of nitrogens with one attached hydrogen (secondary N) is 1. The lowest BCUT2D eigenvalue weighted by Crippen LogP contribution is -2.42. The maximum absolute atomic E-state index is 11.0. The normalized spacial score (nSPS) is 23.5. The molecule has 0 aliphatic heterocycles. The monoisotopic (exact) mass is 241 g/mol. The lowest BCUT2D eigenvalue weighted by molar-refractivity contribution is -0.141. The van der Waals surface area contributed by atoms with Crippen LogP contribution >= 0.6 is 0 Å². The molecule has 0 bridgehead atoms. The zero-order chi connectivity index (χ0) is 12.1. The van der Waals surface area contributed by atoms with E-state index in [4.69, 9.17) is 9.84 Å². The Bertz CT molecular complexity index is 247. The van der Waals surface area contributed by atoms with Crippen LogP contribution in [0.2, 0.25) is 0 Å². The van der Waals surface area contributed by atoms with Crippen LogP contribution in [0.15, 0.2) is 0 Å². The zero-order valence-electron chi connectivity index (χ0n) is 10.4. The van der Waals surface area contributed by atoms with E-state index in [-0.39, 0.29) is 0 Å². The van der Waals surface area contributed by atoms with E-state index in [1.165, 1.54) is 32.1 Å². The van der Waals surface area contributed by atoms with Crippen LogP contribution in [-0.2, 0) is 9.53 Å². The topological polar surface area (TPSA) is 58.6 Å². The average molecular weight is 241 g/mol. The van der Waals surface area contributed by atoms with Crippen LogP contribution in [0.3, 0.4) is 0 Å². The molecule has 0 aromatic heterocycles. The van der Waals surface area contributed by atoms with Gasteiger partial charge in [0.2, 0.25) is 0 Å². The number of ether oxygens (including phenoxy) is 1. The fourth-order valence-electron chi connectivity index (χ4n) is 2.43. The molecule has 2 aliphatic carbocycles.